The molecule has 1 aromatic rings. The minimum absolute atomic E-state index is 0.201. The van der Waals surface area contributed by atoms with E-state index in [1.54, 1.807) is 0 Å². The minimum atomic E-state index is 0.201. The molecular formula is C11H16N2O. The van der Waals surface area contributed by atoms with Crippen molar-refractivity contribution in [3.63, 3.8) is 0 Å². The van der Waals surface area contributed by atoms with E-state index in [-0.39, 0.29) is 6.10 Å². The summed E-state index contributed by atoms with van der Waals surface area (Å²) in [6.45, 7) is 3.12. The number of rotatable bonds is 3. The second-order valence-electron chi connectivity index (χ2n) is 3.60. The molecule has 3 nitrogen and oxygen atoms in total. The Balaban J connectivity index is 1.90. The highest BCUT2D eigenvalue weighted by Crippen LogP contribution is 2.14. The molecule has 0 saturated carbocycles. The zero-order valence-corrected chi connectivity index (χ0v) is 8.36. The van der Waals surface area contributed by atoms with Crippen molar-refractivity contribution in [2.45, 2.75) is 25.5 Å². The lowest BCUT2D eigenvalue weighted by Gasteiger charge is -2.20. The molecule has 2 rings (SSSR count). The van der Waals surface area contributed by atoms with Crippen molar-refractivity contribution in [1.29, 1.82) is 0 Å². The van der Waals surface area contributed by atoms with E-state index in [9.17, 15) is 0 Å². The fourth-order valence-corrected chi connectivity index (χ4v) is 1.65. The molecule has 0 aliphatic carbocycles. The summed E-state index contributed by atoms with van der Waals surface area (Å²) in [5, 5.41) is 0. The lowest BCUT2D eigenvalue weighted by molar-refractivity contribution is 0.177. The number of hydrogen-bond acceptors (Lipinski definition) is 3. The third-order valence-electron chi connectivity index (χ3n) is 2.50. The lowest BCUT2D eigenvalue weighted by Crippen LogP contribution is -2.40. The largest absolute Gasteiger partial charge is 0.489 e. The van der Waals surface area contributed by atoms with Gasteiger partial charge in [0.2, 0.25) is 0 Å². The first-order valence-corrected chi connectivity index (χ1v) is 5.06. The molecule has 2 N–H and O–H groups in total. The van der Waals surface area contributed by atoms with Crippen molar-refractivity contribution in [3.05, 3.63) is 30.3 Å². The van der Waals surface area contributed by atoms with Gasteiger partial charge < -0.3 is 4.74 Å². The fourth-order valence-electron chi connectivity index (χ4n) is 1.65. The standard InChI is InChI=1S/C11H16N2O/c1-9(11-7-8-12-13-11)14-10-5-3-2-4-6-10/h2-6,9,11-13H,7-8H2,1H3. The van der Waals surface area contributed by atoms with Gasteiger partial charge in [0.05, 0.1) is 6.04 Å². The number of ether oxygens (including phenoxy) is 1. The third-order valence-corrected chi connectivity index (χ3v) is 2.50. The van der Waals surface area contributed by atoms with Crippen LogP contribution >= 0.6 is 0 Å². The molecule has 0 aromatic heterocycles. The molecule has 3 heteroatoms. The van der Waals surface area contributed by atoms with Gasteiger partial charge in [-0.2, -0.15) is 0 Å². The van der Waals surface area contributed by atoms with Crippen molar-refractivity contribution in [1.82, 2.24) is 10.9 Å². The maximum absolute atomic E-state index is 5.80. The van der Waals surface area contributed by atoms with E-state index in [4.69, 9.17) is 4.74 Å². The van der Waals surface area contributed by atoms with Crippen LogP contribution in [0.4, 0.5) is 0 Å². The van der Waals surface area contributed by atoms with Gasteiger partial charge in [0.25, 0.3) is 0 Å². The highest BCUT2D eigenvalue weighted by atomic mass is 16.5. The minimum Gasteiger partial charge on any atom is -0.489 e. The van der Waals surface area contributed by atoms with Crippen LogP contribution in [0.5, 0.6) is 5.75 Å². The van der Waals surface area contributed by atoms with E-state index in [1.807, 2.05) is 30.3 Å². The summed E-state index contributed by atoms with van der Waals surface area (Å²) in [5.41, 5.74) is 6.31. The average Bonchev–Trinajstić information content (AvgIpc) is 2.72. The number of para-hydroxylation sites is 1. The summed E-state index contributed by atoms with van der Waals surface area (Å²) in [6.07, 6.45) is 1.32. The van der Waals surface area contributed by atoms with Gasteiger partial charge in [-0.25, -0.2) is 0 Å². The third kappa shape index (κ3) is 2.25. The SMILES string of the molecule is CC(Oc1ccccc1)C1CCNN1. The van der Waals surface area contributed by atoms with Gasteiger partial charge in [0.15, 0.2) is 0 Å². The summed E-state index contributed by atoms with van der Waals surface area (Å²) >= 11 is 0. The Labute approximate surface area is 84.4 Å². The molecule has 76 valence electrons. The summed E-state index contributed by atoms with van der Waals surface area (Å²) < 4.78 is 5.80. The van der Waals surface area contributed by atoms with Crippen molar-refractivity contribution in [2.75, 3.05) is 6.54 Å². The zero-order chi connectivity index (χ0) is 9.80. The summed E-state index contributed by atoms with van der Waals surface area (Å²) in [6, 6.07) is 10.4. The monoisotopic (exact) mass is 192 g/mol. The highest BCUT2D eigenvalue weighted by Gasteiger charge is 2.21. The Morgan fingerprint density at radius 2 is 2.14 bits per heavy atom. The molecule has 1 heterocycles. The van der Waals surface area contributed by atoms with Crippen molar-refractivity contribution in [3.8, 4) is 5.75 Å². The molecule has 0 radical (unpaired) electrons. The molecular weight excluding hydrogens is 176 g/mol. The van der Waals surface area contributed by atoms with E-state index in [1.165, 1.54) is 0 Å². The smallest absolute Gasteiger partial charge is 0.119 e. The quantitative estimate of drug-likeness (QED) is 0.757. The molecule has 0 spiro atoms. The van der Waals surface area contributed by atoms with Crippen LogP contribution in [0.2, 0.25) is 0 Å². The second kappa shape index (κ2) is 4.44. The van der Waals surface area contributed by atoms with Gasteiger partial charge in [-0.15, -0.1) is 0 Å². The first-order valence-electron chi connectivity index (χ1n) is 5.06. The van der Waals surface area contributed by atoms with Crippen molar-refractivity contribution >= 4 is 0 Å². The van der Waals surface area contributed by atoms with Crippen LogP contribution in [0.15, 0.2) is 30.3 Å². The molecule has 1 saturated heterocycles. The van der Waals surface area contributed by atoms with Gasteiger partial charge in [-0.1, -0.05) is 18.2 Å². The molecule has 14 heavy (non-hydrogen) atoms. The maximum atomic E-state index is 5.80. The van der Waals surface area contributed by atoms with Gasteiger partial charge in [-0.05, 0) is 25.5 Å². The van der Waals surface area contributed by atoms with Crippen molar-refractivity contribution < 1.29 is 4.74 Å². The molecule has 2 unspecified atom stereocenters. The van der Waals surface area contributed by atoms with Crippen LogP contribution in [-0.2, 0) is 0 Å². The van der Waals surface area contributed by atoms with E-state index < -0.39 is 0 Å². The molecule has 1 aliphatic rings. The number of nitrogens with one attached hydrogen (secondary N) is 2. The summed E-state index contributed by atoms with van der Waals surface area (Å²) in [5.74, 6) is 0.939. The highest BCUT2D eigenvalue weighted by molar-refractivity contribution is 5.21. The average molecular weight is 192 g/mol. The van der Waals surface area contributed by atoms with Gasteiger partial charge >= 0.3 is 0 Å². The molecule has 0 amide bonds. The van der Waals surface area contributed by atoms with Gasteiger partial charge in [-0.3, -0.25) is 10.9 Å². The first kappa shape index (κ1) is 9.49. The summed E-state index contributed by atoms with van der Waals surface area (Å²) in [4.78, 5) is 0. The predicted molar refractivity (Wildman–Crippen MR) is 56.1 cm³/mol. The molecule has 1 aromatic carbocycles. The molecule has 1 aliphatic heterocycles. The zero-order valence-electron chi connectivity index (χ0n) is 8.36. The predicted octanol–water partition coefficient (Wildman–Crippen LogP) is 1.32. The lowest BCUT2D eigenvalue weighted by atomic mass is 10.1. The molecule has 0 bridgehead atoms. The van der Waals surface area contributed by atoms with Crippen LogP contribution in [-0.4, -0.2) is 18.7 Å². The second-order valence-corrected chi connectivity index (χ2v) is 3.60. The van der Waals surface area contributed by atoms with Gasteiger partial charge in [0.1, 0.15) is 11.9 Å². The van der Waals surface area contributed by atoms with Crippen molar-refractivity contribution in [2.24, 2.45) is 0 Å². The maximum Gasteiger partial charge on any atom is 0.119 e. The number of hydrogen-bond donors (Lipinski definition) is 2. The van der Waals surface area contributed by atoms with Gasteiger partial charge in [0, 0.05) is 6.54 Å². The van der Waals surface area contributed by atoms with E-state index in [2.05, 4.69) is 17.8 Å². The van der Waals surface area contributed by atoms with E-state index in [0.29, 0.717) is 6.04 Å². The fraction of sp³-hybridized carbons (Fsp3) is 0.455. The van der Waals surface area contributed by atoms with Crippen LogP contribution in [0.3, 0.4) is 0 Å². The Kier molecular flexibility index (Phi) is 3.01. The molecule has 1 fully saturated rings. The molecule has 2 atom stereocenters. The first-order chi connectivity index (χ1) is 6.86. The summed E-state index contributed by atoms with van der Waals surface area (Å²) in [7, 11) is 0. The Morgan fingerprint density at radius 3 is 2.79 bits per heavy atom. The van der Waals surface area contributed by atoms with E-state index >= 15 is 0 Å². The van der Waals surface area contributed by atoms with Crippen LogP contribution in [0.1, 0.15) is 13.3 Å². The number of benzene rings is 1. The number of hydrazine groups is 1. The normalized spacial score (nSPS) is 23.4. The van der Waals surface area contributed by atoms with Crippen LogP contribution in [0, 0.1) is 0 Å². The topological polar surface area (TPSA) is 33.3 Å². The van der Waals surface area contributed by atoms with Crippen LogP contribution in [0.25, 0.3) is 0 Å². The Hall–Kier alpha value is -1.06. The van der Waals surface area contributed by atoms with Crippen LogP contribution < -0.4 is 15.6 Å². The Bertz CT molecular complexity index is 270. The van der Waals surface area contributed by atoms with E-state index in [0.717, 1.165) is 18.7 Å². The Morgan fingerprint density at radius 1 is 1.36 bits per heavy atom.